The fourth-order valence-electron chi connectivity index (χ4n) is 3.52. The summed E-state index contributed by atoms with van der Waals surface area (Å²) in [5, 5.41) is 12.2. The van der Waals surface area contributed by atoms with Gasteiger partial charge in [0.15, 0.2) is 0 Å². The maximum Gasteiger partial charge on any atom is 0.257 e. The Kier molecular flexibility index (Phi) is 5.58. The van der Waals surface area contributed by atoms with Crippen molar-refractivity contribution in [1.82, 2.24) is 14.5 Å². The molecule has 1 amide bonds. The minimum Gasteiger partial charge on any atom is -0.495 e. The molecule has 0 unspecified atom stereocenters. The number of hydrogen-bond donors (Lipinski definition) is 1. The van der Waals surface area contributed by atoms with Gasteiger partial charge in [0, 0.05) is 24.1 Å². The molecule has 1 N–H and O–H groups in total. The van der Waals surface area contributed by atoms with E-state index in [4.69, 9.17) is 4.74 Å². The lowest BCUT2D eigenvalue weighted by Crippen LogP contribution is -2.42. The van der Waals surface area contributed by atoms with Crippen LogP contribution in [0.1, 0.15) is 60.3 Å². The molecule has 8 nitrogen and oxygen atoms in total. The Morgan fingerprint density at radius 2 is 2.03 bits per heavy atom. The lowest BCUT2D eigenvalue weighted by atomic mass is 10.1. The molecule has 1 aromatic heterocycles. The molecule has 1 aliphatic carbocycles. The highest BCUT2D eigenvalue weighted by atomic mass is 32.2. The maximum absolute atomic E-state index is 13.3. The lowest BCUT2D eigenvalue weighted by molar-refractivity contribution is 0.102. The predicted molar refractivity (Wildman–Crippen MR) is 110 cm³/mol. The number of anilines is 1. The van der Waals surface area contributed by atoms with Gasteiger partial charge in [-0.15, -0.1) is 10.2 Å². The van der Waals surface area contributed by atoms with E-state index < -0.39 is 15.9 Å². The van der Waals surface area contributed by atoms with E-state index >= 15 is 0 Å². The second-order valence-corrected chi connectivity index (χ2v) is 10.4. The summed E-state index contributed by atoms with van der Waals surface area (Å²) in [5.74, 6) is 0.267. The molecule has 10 heteroatoms. The van der Waals surface area contributed by atoms with Crippen LogP contribution in [0.15, 0.2) is 23.1 Å². The smallest absolute Gasteiger partial charge is 0.257 e. The molecular weight excluding hydrogens is 412 g/mol. The molecule has 2 fully saturated rings. The third-order valence-corrected chi connectivity index (χ3v) is 8.38. The highest BCUT2D eigenvalue weighted by Gasteiger charge is 2.34. The lowest BCUT2D eigenvalue weighted by Gasteiger charge is -2.32. The molecule has 0 radical (unpaired) electrons. The van der Waals surface area contributed by atoms with Crippen molar-refractivity contribution < 1.29 is 17.9 Å². The standard InChI is InChI=1S/C19H24N4O4S2/c1-12-5-3-4-10-23(12)29(25,26)16-11-14(8-9-15(16)27-2)17(24)20-19-22-21-18(28-19)13-6-7-13/h8-9,11-13H,3-7,10H2,1-2H3,(H,20,22,24)/t12-/m0/s1. The van der Waals surface area contributed by atoms with Gasteiger partial charge in [-0.2, -0.15) is 4.31 Å². The van der Waals surface area contributed by atoms with Crippen molar-refractivity contribution in [2.24, 2.45) is 0 Å². The molecule has 1 aliphatic heterocycles. The molecular formula is C19H24N4O4S2. The molecule has 29 heavy (non-hydrogen) atoms. The first-order valence-corrected chi connectivity index (χ1v) is 12.0. The number of ether oxygens (including phenoxy) is 1. The van der Waals surface area contributed by atoms with Crippen LogP contribution in [-0.4, -0.2) is 48.5 Å². The van der Waals surface area contributed by atoms with Gasteiger partial charge in [0.1, 0.15) is 15.7 Å². The first-order chi connectivity index (χ1) is 13.9. The first kappa shape index (κ1) is 20.2. The number of carbonyl (C=O) groups is 1. The molecule has 4 rings (SSSR count). The average Bonchev–Trinajstić information content (AvgIpc) is 3.47. The van der Waals surface area contributed by atoms with Gasteiger partial charge < -0.3 is 4.74 Å². The van der Waals surface area contributed by atoms with Gasteiger partial charge in [-0.3, -0.25) is 10.1 Å². The van der Waals surface area contributed by atoms with Crippen LogP contribution in [0.5, 0.6) is 5.75 Å². The molecule has 0 bridgehead atoms. The number of sulfonamides is 1. The predicted octanol–water partition coefficient (Wildman–Crippen LogP) is 3.24. The third kappa shape index (κ3) is 4.15. The zero-order valence-electron chi connectivity index (χ0n) is 16.4. The summed E-state index contributed by atoms with van der Waals surface area (Å²) in [6.45, 7) is 2.38. The topological polar surface area (TPSA) is 101 Å². The number of nitrogens with zero attached hydrogens (tertiary/aromatic N) is 3. The molecule has 2 aromatic rings. The average molecular weight is 437 g/mol. The zero-order chi connectivity index (χ0) is 20.6. The fourth-order valence-corrected chi connectivity index (χ4v) is 6.31. The van der Waals surface area contributed by atoms with Crippen LogP contribution in [0.3, 0.4) is 0 Å². The quantitative estimate of drug-likeness (QED) is 0.746. The highest BCUT2D eigenvalue weighted by Crippen LogP contribution is 2.42. The molecule has 1 saturated carbocycles. The van der Waals surface area contributed by atoms with Gasteiger partial charge in [-0.05, 0) is 50.8 Å². The highest BCUT2D eigenvalue weighted by molar-refractivity contribution is 7.89. The largest absolute Gasteiger partial charge is 0.495 e. The number of piperidine rings is 1. The van der Waals surface area contributed by atoms with E-state index in [-0.39, 0.29) is 22.3 Å². The van der Waals surface area contributed by atoms with E-state index in [1.165, 1.54) is 34.9 Å². The molecule has 0 spiro atoms. The Labute approximate surface area is 174 Å². The van der Waals surface area contributed by atoms with Gasteiger partial charge in [-0.25, -0.2) is 8.42 Å². The van der Waals surface area contributed by atoms with E-state index in [1.807, 2.05) is 6.92 Å². The third-order valence-electron chi connectivity index (χ3n) is 5.34. The van der Waals surface area contributed by atoms with Crippen LogP contribution < -0.4 is 10.1 Å². The molecule has 2 heterocycles. The summed E-state index contributed by atoms with van der Waals surface area (Å²) in [6, 6.07) is 4.37. The van der Waals surface area contributed by atoms with Gasteiger partial charge in [0.05, 0.1) is 7.11 Å². The molecule has 1 aromatic carbocycles. The van der Waals surface area contributed by atoms with E-state index in [1.54, 1.807) is 6.07 Å². The van der Waals surface area contributed by atoms with Crippen LogP contribution in [0.2, 0.25) is 0 Å². The van der Waals surface area contributed by atoms with Crippen LogP contribution >= 0.6 is 11.3 Å². The van der Waals surface area contributed by atoms with Crippen molar-refractivity contribution in [1.29, 1.82) is 0 Å². The maximum atomic E-state index is 13.3. The molecule has 2 aliphatic rings. The number of benzene rings is 1. The van der Waals surface area contributed by atoms with Crippen molar-refractivity contribution in [3.8, 4) is 5.75 Å². The number of rotatable bonds is 6. The van der Waals surface area contributed by atoms with Gasteiger partial charge >= 0.3 is 0 Å². The normalized spacial score (nSPS) is 20.4. The van der Waals surface area contributed by atoms with Crippen molar-refractivity contribution in [2.45, 2.75) is 55.9 Å². The van der Waals surface area contributed by atoms with Crippen LogP contribution in [-0.2, 0) is 10.0 Å². The Balaban J connectivity index is 1.60. The minimum atomic E-state index is -3.78. The molecule has 1 saturated heterocycles. The number of carbonyl (C=O) groups excluding carboxylic acids is 1. The summed E-state index contributed by atoms with van der Waals surface area (Å²) in [7, 11) is -2.35. The van der Waals surface area contributed by atoms with Crippen molar-refractivity contribution in [2.75, 3.05) is 19.0 Å². The molecule has 156 valence electrons. The minimum absolute atomic E-state index is 0.0114. The second kappa shape index (κ2) is 8.00. The Morgan fingerprint density at radius 3 is 2.72 bits per heavy atom. The van der Waals surface area contributed by atoms with Crippen molar-refractivity contribution in [3.05, 3.63) is 28.8 Å². The van der Waals surface area contributed by atoms with E-state index in [0.717, 1.165) is 37.1 Å². The van der Waals surface area contributed by atoms with Gasteiger partial charge in [0.2, 0.25) is 15.2 Å². The second-order valence-electron chi connectivity index (χ2n) is 7.50. The number of nitrogens with one attached hydrogen (secondary N) is 1. The SMILES string of the molecule is COc1ccc(C(=O)Nc2nnc(C3CC3)s2)cc1S(=O)(=O)N1CCCC[C@@H]1C. The summed E-state index contributed by atoms with van der Waals surface area (Å²) < 4.78 is 33.4. The van der Waals surface area contributed by atoms with Crippen LogP contribution in [0.25, 0.3) is 0 Å². The fraction of sp³-hybridized carbons (Fsp3) is 0.526. The number of methoxy groups -OCH3 is 1. The van der Waals surface area contributed by atoms with Gasteiger partial charge in [0.25, 0.3) is 5.91 Å². The zero-order valence-corrected chi connectivity index (χ0v) is 18.1. The van der Waals surface area contributed by atoms with Crippen LogP contribution in [0, 0.1) is 0 Å². The number of aromatic nitrogens is 2. The van der Waals surface area contributed by atoms with E-state index in [2.05, 4.69) is 15.5 Å². The monoisotopic (exact) mass is 436 g/mol. The van der Waals surface area contributed by atoms with Crippen molar-refractivity contribution in [3.63, 3.8) is 0 Å². The summed E-state index contributed by atoms with van der Waals surface area (Å²) in [6.07, 6.45) is 4.88. The number of amides is 1. The van der Waals surface area contributed by atoms with Crippen LogP contribution in [0.4, 0.5) is 5.13 Å². The Bertz CT molecular complexity index is 1020. The summed E-state index contributed by atoms with van der Waals surface area (Å²) in [4.78, 5) is 12.7. The Morgan fingerprint density at radius 1 is 1.24 bits per heavy atom. The van der Waals surface area contributed by atoms with Gasteiger partial charge in [-0.1, -0.05) is 17.8 Å². The van der Waals surface area contributed by atoms with E-state index in [9.17, 15) is 13.2 Å². The molecule has 1 atom stereocenters. The van der Waals surface area contributed by atoms with Crippen molar-refractivity contribution >= 4 is 32.4 Å². The number of hydrogen-bond acceptors (Lipinski definition) is 7. The summed E-state index contributed by atoms with van der Waals surface area (Å²) >= 11 is 1.36. The summed E-state index contributed by atoms with van der Waals surface area (Å²) in [5.41, 5.74) is 0.234. The van der Waals surface area contributed by atoms with E-state index in [0.29, 0.717) is 17.6 Å². The Hall–Kier alpha value is -2.04. The first-order valence-electron chi connectivity index (χ1n) is 9.75.